The third-order valence-corrected chi connectivity index (χ3v) is 14.6. The molecule has 0 bridgehead atoms. The molecule has 0 atom stereocenters. The van der Waals surface area contributed by atoms with Crippen molar-refractivity contribution in [3.8, 4) is 0 Å². The van der Waals surface area contributed by atoms with Gasteiger partial charge in [-0.05, 0) is 75.9 Å². The van der Waals surface area contributed by atoms with Crippen LogP contribution < -0.4 is 9.80 Å². The normalized spacial score (nSPS) is 18.6. The maximum absolute atomic E-state index is 12.9. The minimum Gasteiger partial charge on any atom is -0.444 e. The molecule has 2 fully saturated rings. The summed E-state index contributed by atoms with van der Waals surface area (Å²) >= 11 is 0. The minimum atomic E-state index is -3.66. The molecule has 4 aliphatic heterocycles. The van der Waals surface area contributed by atoms with E-state index in [1.54, 1.807) is 35.2 Å². The Morgan fingerprint density at radius 2 is 1.18 bits per heavy atom. The van der Waals surface area contributed by atoms with Gasteiger partial charge in [0.25, 0.3) is 5.69 Å². The van der Waals surface area contributed by atoms with Gasteiger partial charge in [-0.15, -0.1) is 0 Å². The number of fused-ring (bicyclic) bond motifs is 2. The lowest BCUT2D eigenvalue weighted by atomic mass is 10.0. The summed E-state index contributed by atoms with van der Waals surface area (Å²) in [6.45, 7) is 7.03. The lowest BCUT2D eigenvalue weighted by Crippen LogP contribution is -2.50. The van der Waals surface area contributed by atoms with Gasteiger partial charge in [0.05, 0.1) is 27.0 Å². The van der Waals surface area contributed by atoms with Crippen molar-refractivity contribution in [3.05, 3.63) is 123 Å². The van der Waals surface area contributed by atoms with Crippen molar-refractivity contribution in [3.63, 3.8) is 0 Å². The van der Waals surface area contributed by atoms with E-state index >= 15 is 0 Å². The molecule has 0 radical (unpaired) electrons. The molecule has 56 heavy (non-hydrogen) atoms. The molecule has 14 nitrogen and oxygen atoms in total. The summed E-state index contributed by atoms with van der Waals surface area (Å²) in [6, 6.07) is 26.0. The van der Waals surface area contributed by atoms with Crippen LogP contribution in [0, 0.1) is 24.0 Å². The number of carbonyl (C=O) groups excluding carboxylic acids is 1. The fourth-order valence-corrected chi connectivity index (χ4v) is 10.8. The number of nitro benzene ring substituents is 1. The lowest BCUT2D eigenvalue weighted by molar-refractivity contribution is -0.384. The van der Waals surface area contributed by atoms with Gasteiger partial charge in [0.2, 0.25) is 20.0 Å². The van der Waals surface area contributed by atoms with Crippen LogP contribution in [0.1, 0.15) is 47.9 Å². The van der Waals surface area contributed by atoms with Crippen LogP contribution in [0.5, 0.6) is 0 Å². The number of rotatable bonds is 7. The van der Waals surface area contributed by atoms with Crippen molar-refractivity contribution in [1.29, 1.82) is 0 Å². The number of hydrogen-bond acceptors (Lipinski definition) is 10. The van der Waals surface area contributed by atoms with Gasteiger partial charge >= 0.3 is 6.09 Å². The number of cyclic esters (lactones) is 1. The summed E-state index contributed by atoms with van der Waals surface area (Å²) in [6.07, 6.45) is 2.20. The molecule has 1 amide bonds. The van der Waals surface area contributed by atoms with Gasteiger partial charge in [-0.3, -0.25) is 15.0 Å². The van der Waals surface area contributed by atoms with Crippen LogP contribution in [-0.2, 0) is 42.7 Å². The van der Waals surface area contributed by atoms with Crippen LogP contribution in [0.4, 0.5) is 21.9 Å². The number of amides is 1. The molecule has 0 saturated carbocycles. The van der Waals surface area contributed by atoms with Gasteiger partial charge in [-0.1, -0.05) is 53.6 Å². The summed E-state index contributed by atoms with van der Waals surface area (Å²) in [5.74, 6) is 0. The Kier molecular flexibility index (Phi) is 11.5. The van der Waals surface area contributed by atoms with E-state index in [0.717, 1.165) is 22.4 Å². The van der Waals surface area contributed by atoms with E-state index in [4.69, 9.17) is 9.47 Å². The second-order valence-electron chi connectivity index (χ2n) is 14.5. The topological polar surface area (TPSA) is 160 Å². The highest BCUT2D eigenvalue weighted by Gasteiger charge is 2.37. The van der Waals surface area contributed by atoms with Crippen molar-refractivity contribution in [2.24, 2.45) is 0 Å². The average molecular weight is 804 g/mol. The predicted molar refractivity (Wildman–Crippen MR) is 210 cm³/mol. The maximum Gasteiger partial charge on any atom is 0.414 e. The average Bonchev–Trinajstić information content (AvgIpc) is 3.21. The van der Waals surface area contributed by atoms with Crippen molar-refractivity contribution >= 4 is 43.2 Å². The van der Waals surface area contributed by atoms with Crippen molar-refractivity contribution in [2.75, 3.05) is 42.7 Å². The lowest BCUT2D eigenvalue weighted by Gasteiger charge is -2.41. The number of ether oxygens (including phenoxy) is 2. The summed E-state index contributed by atoms with van der Waals surface area (Å²) in [7, 11) is -7.16. The number of non-ortho nitro benzene ring substituents is 1. The smallest absolute Gasteiger partial charge is 0.414 e. The van der Waals surface area contributed by atoms with Crippen LogP contribution in [-0.4, -0.2) is 81.5 Å². The first-order valence-electron chi connectivity index (χ1n) is 18.6. The molecule has 0 aliphatic carbocycles. The van der Waals surface area contributed by atoms with Crippen LogP contribution in [0.15, 0.2) is 101 Å². The summed E-state index contributed by atoms with van der Waals surface area (Å²) < 4.78 is 65.5. The Bertz CT molecular complexity index is 2290. The molecule has 4 aliphatic rings. The number of nitro groups is 1. The molecular formula is C40H45N5O9S2. The van der Waals surface area contributed by atoms with E-state index in [0.29, 0.717) is 70.1 Å². The second-order valence-corrected chi connectivity index (χ2v) is 18.3. The Balaban J connectivity index is 0.000000172. The number of sulfonamides is 2. The zero-order valence-electron chi connectivity index (χ0n) is 31.3. The molecule has 0 aromatic heterocycles. The Morgan fingerprint density at radius 1 is 0.661 bits per heavy atom. The molecule has 8 rings (SSSR count). The highest BCUT2D eigenvalue weighted by molar-refractivity contribution is 7.89. The van der Waals surface area contributed by atoms with E-state index in [1.807, 2.05) is 25.1 Å². The van der Waals surface area contributed by atoms with Gasteiger partial charge in [-0.2, -0.15) is 8.61 Å². The highest BCUT2D eigenvalue weighted by Crippen LogP contribution is 2.35. The molecule has 2 saturated heterocycles. The Morgan fingerprint density at radius 3 is 1.75 bits per heavy atom. The molecule has 0 spiro atoms. The molecule has 0 unspecified atom stereocenters. The summed E-state index contributed by atoms with van der Waals surface area (Å²) in [5.41, 5.74) is 6.39. The minimum absolute atomic E-state index is 0.0681. The van der Waals surface area contributed by atoms with Gasteiger partial charge in [-0.25, -0.2) is 21.6 Å². The van der Waals surface area contributed by atoms with E-state index in [-0.39, 0.29) is 35.4 Å². The Hall–Kier alpha value is -4.87. The zero-order chi connectivity index (χ0) is 39.6. The van der Waals surface area contributed by atoms with Crippen molar-refractivity contribution in [1.82, 2.24) is 8.61 Å². The van der Waals surface area contributed by atoms with Crippen molar-refractivity contribution in [2.45, 2.75) is 74.6 Å². The quantitative estimate of drug-likeness (QED) is 0.152. The van der Waals surface area contributed by atoms with E-state index in [9.17, 15) is 31.7 Å². The summed E-state index contributed by atoms with van der Waals surface area (Å²) in [5, 5.41) is 10.8. The predicted octanol–water partition coefficient (Wildman–Crippen LogP) is 6.36. The first-order valence-corrected chi connectivity index (χ1v) is 21.5. The fourth-order valence-electron chi connectivity index (χ4n) is 7.82. The van der Waals surface area contributed by atoms with Crippen molar-refractivity contribution < 1.29 is 36.0 Å². The van der Waals surface area contributed by atoms with Gasteiger partial charge in [0.15, 0.2) is 0 Å². The van der Waals surface area contributed by atoms with Crippen LogP contribution in [0.2, 0.25) is 0 Å². The number of anilines is 2. The summed E-state index contributed by atoms with van der Waals surface area (Å²) in [4.78, 5) is 27.0. The molecular weight excluding hydrogens is 759 g/mol. The maximum atomic E-state index is 12.9. The molecule has 4 aromatic rings. The van der Waals surface area contributed by atoms with E-state index < -0.39 is 25.0 Å². The number of piperidine rings is 2. The first kappa shape index (κ1) is 39.4. The SMILES string of the molecule is Cc1ccc2c(c1)COC(=O)N2C1CCN(S(=O)(=O)c2ccccc2)CC1.Cc1ccc2c(c1)COCN2C1CCN(S(=O)(=O)c2ccc([N+](=O)[O-])cc2)CC1. The Labute approximate surface area is 327 Å². The number of carbonyl (C=O) groups is 1. The number of aryl methyl sites for hydroxylation is 2. The van der Waals surface area contributed by atoms with Gasteiger partial charge < -0.3 is 14.4 Å². The molecule has 16 heteroatoms. The highest BCUT2D eigenvalue weighted by atomic mass is 32.2. The molecule has 296 valence electrons. The van der Waals surface area contributed by atoms with Crippen LogP contribution in [0.25, 0.3) is 0 Å². The second kappa shape index (κ2) is 16.3. The third-order valence-electron chi connectivity index (χ3n) is 10.8. The third kappa shape index (κ3) is 8.16. The van der Waals surface area contributed by atoms with Crippen LogP contribution >= 0.6 is 0 Å². The van der Waals surface area contributed by atoms with Crippen LogP contribution in [0.3, 0.4) is 0 Å². The van der Waals surface area contributed by atoms with Gasteiger partial charge in [0, 0.05) is 67.2 Å². The standard InChI is InChI=1S/C20H23N3O5S.C20H22N2O4S/c1-15-2-7-20-16(12-15)13-28-14-22(20)17-8-10-21(11-9-17)29(26,27)19-5-3-18(4-6-19)23(24)25;1-15-7-8-19-16(13-15)14-26-20(23)22(19)17-9-11-21(12-10-17)27(24,25)18-5-3-2-4-6-18/h2-7,12,17H,8-11,13-14H2,1H3;2-8,13,17H,9-12,14H2,1H3. The fraction of sp³-hybridized carbons (Fsp3) is 0.375. The van der Waals surface area contributed by atoms with Gasteiger partial charge in [0.1, 0.15) is 13.3 Å². The van der Waals surface area contributed by atoms with E-state index in [2.05, 4.69) is 30.0 Å². The number of hydrogen-bond donors (Lipinski definition) is 0. The zero-order valence-corrected chi connectivity index (χ0v) is 33.0. The molecule has 0 N–H and O–H groups in total. The molecule has 4 heterocycles. The first-order chi connectivity index (χ1) is 26.8. The number of benzene rings is 4. The van der Waals surface area contributed by atoms with E-state index in [1.165, 1.54) is 44.1 Å². The molecule has 4 aromatic carbocycles. The largest absolute Gasteiger partial charge is 0.444 e. The number of nitrogens with zero attached hydrogens (tertiary/aromatic N) is 5. The monoisotopic (exact) mass is 803 g/mol.